The normalized spacial score (nSPS) is 15.7. The van der Waals surface area contributed by atoms with E-state index in [9.17, 15) is 26.7 Å². The lowest BCUT2D eigenvalue weighted by Crippen LogP contribution is -2.24. The Labute approximate surface area is 149 Å². The molecule has 0 saturated heterocycles. The number of alkyl halides is 5. The molecule has 0 spiro atoms. The molecule has 0 aliphatic heterocycles. The average Bonchev–Trinajstić information content (AvgIpc) is 3.25. The molecular formula is C15H15F5N6O. The van der Waals surface area contributed by atoms with Gasteiger partial charge in [0, 0.05) is 17.8 Å². The van der Waals surface area contributed by atoms with Crippen LogP contribution in [0.1, 0.15) is 25.3 Å². The van der Waals surface area contributed by atoms with E-state index in [1.165, 1.54) is 0 Å². The standard InChI is InChI=1S/C15H15F5N6O/c1-14(2-3-14)25-12-8(15(18,19)20)5-21-13(24-12)23-10-4-11(27)26(7-22-10)6-9(16)17/h4-5,7,9H,2-3,6H2,1H3,(H2,21,23,24,25). The number of nitrogens with zero attached hydrogens (tertiary/aromatic N) is 4. The van der Waals surface area contributed by atoms with Crippen molar-refractivity contribution in [2.75, 3.05) is 10.6 Å². The topological polar surface area (TPSA) is 84.7 Å². The predicted octanol–water partition coefficient (Wildman–Crippen LogP) is 3.03. The van der Waals surface area contributed by atoms with Gasteiger partial charge in [0.15, 0.2) is 0 Å². The van der Waals surface area contributed by atoms with Crippen LogP contribution < -0.4 is 16.2 Å². The fourth-order valence-electron chi connectivity index (χ4n) is 2.24. The van der Waals surface area contributed by atoms with E-state index in [1.54, 1.807) is 6.92 Å². The molecule has 146 valence electrons. The summed E-state index contributed by atoms with van der Waals surface area (Å²) in [4.78, 5) is 23.0. The number of rotatable bonds is 6. The quantitative estimate of drug-likeness (QED) is 0.738. The summed E-state index contributed by atoms with van der Waals surface area (Å²) in [6, 6.07) is 0.929. The molecule has 3 rings (SSSR count). The second kappa shape index (κ2) is 6.74. The van der Waals surface area contributed by atoms with Crippen LogP contribution in [0.4, 0.5) is 39.5 Å². The van der Waals surface area contributed by atoms with Gasteiger partial charge in [-0.05, 0) is 19.8 Å². The fraction of sp³-hybridized carbons (Fsp3) is 0.467. The third kappa shape index (κ3) is 4.68. The van der Waals surface area contributed by atoms with E-state index in [1.807, 2.05) is 0 Å². The predicted molar refractivity (Wildman–Crippen MR) is 86.1 cm³/mol. The van der Waals surface area contributed by atoms with Gasteiger partial charge < -0.3 is 10.6 Å². The summed E-state index contributed by atoms with van der Waals surface area (Å²) >= 11 is 0. The largest absolute Gasteiger partial charge is 0.421 e. The Morgan fingerprint density at radius 2 is 2.00 bits per heavy atom. The fourth-order valence-corrected chi connectivity index (χ4v) is 2.24. The summed E-state index contributed by atoms with van der Waals surface area (Å²) in [5.74, 6) is -0.673. The van der Waals surface area contributed by atoms with Crippen molar-refractivity contribution in [3.05, 3.63) is 34.5 Å². The Morgan fingerprint density at radius 3 is 2.56 bits per heavy atom. The highest BCUT2D eigenvalue weighted by Gasteiger charge is 2.41. The first-order chi connectivity index (χ1) is 12.6. The van der Waals surface area contributed by atoms with Gasteiger partial charge in [0.1, 0.15) is 23.5 Å². The van der Waals surface area contributed by atoms with Gasteiger partial charge in [-0.25, -0.2) is 18.7 Å². The third-order valence-electron chi connectivity index (χ3n) is 3.97. The van der Waals surface area contributed by atoms with E-state index in [0.717, 1.165) is 12.4 Å². The second-order valence-electron chi connectivity index (χ2n) is 6.42. The molecule has 2 aromatic heterocycles. The Hall–Kier alpha value is -2.79. The van der Waals surface area contributed by atoms with Crippen LogP contribution in [-0.4, -0.2) is 31.5 Å². The van der Waals surface area contributed by atoms with Crippen molar-refractivity contribution < 1.29 is 22.0 Å². The summed E-state index contributed by atoms with van der Waals surface area (Å²) in [6.07, 6.45) is -4.41. The first-order valence-electron chi connectivity index (χ1n) is 7.90. The summed E-state index contributed by atoms with van der Waals surface area (Å²) < 4.78 is 64.8. The molecule has 27 heavy (non-hydrogen) atoms. The molecule has 0 amide bonds. The molecule has 0 aromatic carbocycles. The highest BCUT2D eigenvalue weighted by Crippen LogP contribution is 2.41. The summed E-state index contributed by atoms with van der Waals surface area (Å²) in [5, 5.41) is 5.26. The molecule has 2 heterocycles. The van der Waals surface area contributed by atoms with E-state index in [-0.39, 0.29) is 17.6 Å². The van der Waals surface area contributed by atoms with Crippen molar-refractivity contribution in [2.24, 2.45) is 0 Å². The zero-order valence-corrected chi connectivity index (χ0v) is 14.0. The Morgan fingerprint density at radius 1 is 1.30 bits per heavy atom. The molecule has 1 aliphatic carbocycles. The van der Waals surface area contributed by atoms with Gasteiger partial charge in [-0.1, -0.05) is 0 Å². The molecule has 7 nitrogen and oxygen atoms in total. The van der Waals surface area contributed by atoms with Crippen LogP contribution in [-0.2, 0) is 12.7 Å². The van der Waals surface area contributed by atoms with Crippen molar-refractivity contribution in [3.8, 4) is 0 Å². The van der Waals surface area contributed by atoms with Gasteiger partial charge in [-0.15, -0.1) is 0 Å². The highest BCUT2D eigenvalue weighted by molar-refractivity contribution is 5.55. The SMILES string of the molecule is CC1(Nc2nc(Nc3cc(=O)n(CC(F)F)cn3)ncc2C(F)(F)F)CC1. The zero-order chi connectivity index (χ0) is 19.8. The molecule has 2 aromatic rings. The lowest BCUT2D eigenvalue weighted by atomic mass is 10.2. The molecule has 1 fully saturated rings. The maximum Gasteiger partial charge on any atom is 0.421 e. The zero-order valence-electron chi connectivity index (χ0n) is 14.0. The number of anilines is 3. The molecule has 1 aliphatic rings. The first kappa shape index (κ1) is 19.0. The summed E-state index contributed by atoms with van der Waals surface area (Å²) in [5.41, 5.74) is -2.22. The van der Waals surface area contributed by atoms with Crippen molar-refractivity contribution in [2.45, 2.75) is 44.5 Å². The van der Waals surface area contributed by atoms with Crippen LogP contribution in [0.5, 0.6) is 0 Å². The van der Waals surface area contributed by atoms with Crippen LogP contribution in [0.2, 0.25) is 0 Å². The average molecular weight is 390 g/mol. The highest BCUT2D eigenvalue weighted by atomic mass is 19.4. The number of hydrogen-bond donors (Lipinski definition) is 2. The van der Waals surface area contributed by atoms with Crippen LogP contribution in [0.25, 0.3) is 0 Å². The Kier molecular flexibility index (Phi) is 4.74. The third-order valence-corrected chi connectivity index (χ3v) is 3.97. The van der Waals surface area contributed by atoms with E-state index in [2.05, 4.69) is 25.6 Å². The van der Waals surface area contributed by atoms with Gasteiger partial charge in [0.2, 0.25) is 5.95 Å². The van der Waals surface area contributed by atoms with Gasteiger partial charge in [-0.2, -0.15) is 18.2 Å². The Balaban J connectivity index is 1.86. The molecule has 0 atom stereocenters. The van der Waals surface area contributed by atoms with Crippen molar-refractivity contribution in [1.29, 1.82) is 0 Å². The Bertz CT molecular complexity index is 893. The second-order valence-corrected chi connectivity index (χ2v) is 6.42. The van der Waals surface area contributed by atoms with E-state index in [4.69, 9.17) is 0 Å². The molecular weight excluding hydrogens is 375 g/mol. The number of hydrogen-bond acceptors (Lipinski definition) is 6. The summed E-state index contributed by atoms with van der Waals surface area (Å²) in [6.45, 7) is 0.960. The maximum absolute atomic E-state index is 13.1. The maximum atomic E-state index is 13.1. The molecule has 12 heteroatoms. The number of aromatic nitrogens is 4. The minimum Gasteiger partial charge on any atom is -0.364 e. The molecule has 0 radical (unpaired) electrons. The summed E-state index contributed by atoms with van der Waals surface area (Å²) in [7, 11) is 0. The van der Waals surface area contributed by atoms with E-state index < -0.39 is 35.8 Å². The first-order valence-corrected chi connectivity index (χ1v) is 7.90. The van der Waals surface area contributed by atoms with Crippen LogP contribution in [0, 0.1) is 0 Å². The van der Waals surface area contributed by atoms with Crippen LogP contribution >= 0.6 is 0 Å². The minimum absolute atomic E-state index is 0.0751. The molecule has 0 unspecified atom stereocenters. The van der Waals surface area contributed by atoms with E-state index in [0.29, 0.717) is 23.6 Å². The molecule has 2 N–H and O–H groups in total. The molecule has 1 saturated carbocycles. The number of halogens is 5. The van der Waals surface area contributed by atoms with Gasteiger partial charge in [0.05, 0.1) is 6.54 Å². The minimum atomic E-state index is -4.64. The van der Waals surface area contributed by atoms with Crippen molar-refractivity contribution in [3.63, 3.8) is 0 Å². The lowest BCUT2D eigenvalue weighted by Gasteiger charge is -2.18. The van der Waals surface area contributed by atoms with Crippen molar-refractivity contribution >= 4 is 17.6 Å². The molecule has 0 bridgehead atoms. The smallest absolute Gasteiger partial charge is 0.364 e. The number of nitrogens with one attached hydrogen (secondary N) is 2. The lowest BCUT2D eigenvalue weighted by molar-refractivity contribution is -0.137. The van der Waals surface area contributed by atoms with Crippen LogP contribution in [0.15, 0.2) is 23.4 Å². The monoisotopic (exact) mass is 390 g/mol. The van der Waals surface area contributed by atoms with Gasteiger partial charge in [-0.3, -0.25) is 9.36 Å². The van der Waals surface area contributed by atoms with E-state index >= 15 is 0 Å². The van der Waals surface area contributed by atoms with Gasteiger partial charge in [0.25, 0.3) is 12.0 Å². The van der Waals surface area contributed by atoms with Crippen molar-refractivity contribution in [1.82, 2.24) is 19.5 Å². The van der Waals surface area contributed by atoms with Crippen LogP contribution in [0.3, 0.4) is 0 Å². The van der Waals surface area contributed by atoms with Gasteiger partial charge >= 0.3 is 6.18 Å².